The third-order valence-electron chi connectivity index (χ3n) is 3.27. The van der Waals surface area contributed by atoms with Crippen LogP contribution < -0.4 is 0 Å². The quantitative estimate of drug-likeness (QED) is 0.800. The fraction of sp³-hybridized carbons (Fsp3) is 0.750. The summed E-state index contributed by atoms with van der Waals surface area (Å²) in [6, 6.07) is 0. The van der Waals surface area contributed by atoms with Gasteiger partial charge in [0.15, 0.2) is 5.16 Å². The third kappa shape index (κ3) is 3.26. The zero-order valence-corrected chi connectivity index (χ0v) is 11.8. The van der Waals surface area contributed by atoms with E-state index in [4.69, 9.17) is 9.84 Å². The fourth-order valence-electron chi connectivity index (χ4n) is 2.04. The average molecular weight is 271 g/mol. The Morgan fingerprint density at radius 2 is 2.44 bits per heavy atom. The maximum absolute atomic E-state index is 9.11. The molecule has 0 aliphatic carbocycles. The van der Waals surface area contributed by atoms with Crippen LogP contribution in [0.25, 0.3) is 0 Å². The Balaban J connectivity index is 1.85. The Morgan fingerprint density at radius 1 is 1.61 bits per heavy atom. The molecule has 0 bridgehead atoms. The summed E-state index contributed by atoms with van der Waals surface area (Å²) < 4.78 is 7.69. The SMILES string of the molecule is CCN1CCOC(CSc2ncc(CO)n2C)C1. The number of nitrogens with zero attached hydrogens (tertiary/aromatic N) is 3. The standard InChI is InChI=1S/C12H21N3O2S/c1-3-15-4-5-17-11(7-15)9-18-12-13-6-10(8-16)14(12)2/h6,11,16H,3-5,7-9H2,1-2H3. The van der Waals surface area contributed by atoms with E-state index in [1.807, 2.05) is 11.6 Å². The summed E-state index contributed by atoms with van der Waals surface area (Å²) in [6.45, 7) is 6.16. The lowest BCUT2D eigenvalue weighted by Crippen LogP contribution is -2.43. The lowest BCUT2D eigenvalue weighted by atomic mass is 10.3. The zero-order chi connectivity index (χ0) is 13.0. The van der Waals surface area contributed by atoms with E-state index < -0.39 is 0 Å². The minimum absolute atomic E-state index is 0.0353. The number of likely N-dealkylation sites (N-methyl/N-ethyl adjacent to an activating group) is 1. The first-order valence-electron chi connectivity index (χ1n) is 6.32. The summed E-state index contributed by atoms with van der Waals surface area (Å²) in [4.78, 5) is 6.72. The lowest BCUT2D eigenvalue weighted by molar-refractivity contribution is -0.0137. The highest BCUT2D eigenvalue weighted by Gasteiger charge is 2.20. The van der Waals surface area contributed by atoms with Crippen molar-refractivity contribution in [3.63, 3.8) is 0 Å². The van der Waals surface area contributed by atoms with E-state index in [0.29, 0.717) is 0 Å². The maximum Gasteiger partial charge on any atom is 0.168 e. The van der Waals surface area contributed by atoms with E-state index in [-0.39, 0.29) is 12.7 Å². The number of thioether (sulfide) groups is 1. The maximum atomic E-state index is 9.11. The molecule has 2 heterocycles. The molecule has 1 aromatic heterocycles. The van der Waals surface area contributed by atoms with E-state index in [2.05, 4.69) is 16.8 Å². The van der Waals surface area contributed by atoms with Gasteiger partial charge in [-0.05, 0) is 6.54 Å². The second kappa shape index (κ2) is 6.56. The molecule has 0 aromatic carbocycles. The summed E-state index contributed by atoms with van der Waals surface area (Å²) >= 11 is 1.69. The summed E-state index contributed by atoms with van der Waals surface area (Å²) in [5.41, 5.74) is 0.845. The second-order valence-corrected chi connectivity index (χ2v) is 5.43. The predicted octanol–water partition coefficient (Wildman–Crippen LogP) is 0.725. The molecule has 1 fully saturated rings. The molecule has 6 heteroatoms. The molecule has 5 nitrogen and oxygen atoms in total. The summed E-state index contributed by atoms with van der Waals surface area (Å²) in [6.07, 6.45) is 2.00. The Labute approximate surface area is 112 Å². The molecule has 1 N–H and O–H groups in total. The normalized spacial score (nSPS) is 21.4. The van der Waals surface area contributed by atoms with Crippen molar-refractivity contribution in [1.82, 2.24) is 14.5 Å². The van der Waals surface area contributed by atoms with Crippen molar-refractivity contribution < 1.29 is 9.84 Å². The monoisotopic (exact) mass is 271 g/mol. The van der Waals surface area contributed by atoms with E-state index in [9.17, 15) is 0 Å². The summed E-state index contributed by atoms with van der Waals surface area (Å²) in [5, 5.41) is 10.1. The van der Waals surface area contributed by atoms with Crippen molar-refractivity contribution >= 4 is 11.8 Å². The molecule has 18 heavy (non-hydrogen) atoms. The van der Waals surface area contributed by atoms with Crippen LogP contribution in [0.4, 0.5) is 0 Å². The number of rotatable bonds is 5. The first kappa shape index (κ1) is 13.9. The van der Waals surface area contributed by atoms with Crippen molar-refractivity contribution in [2.24, 2.45) is 7.05 Å². The number of hydrogen-bond donors (Lipinski definition) is 1. The first-order chi connectivity index (χ1) is 8.74. The molecular formula is C12H21N3O2S. The van der Waals surface area contributed by atoms with Gasteiger partial charge in [-0.1, -0.05) is 18.7 Å². The van der Waals surface area contributed by atoms with Gasteiger partial charge in [0, 0.05) is 25.9 Å². The molecule has 1 atom stereocenters. The lowest BCUT2D eigenvalue weighted by Gasteiger charge is -2.31. The van der Waals surface area contributed by atoms with Gasteiger partial charge in [-0.2, -0.15) is 0 Å². The topological polar surface area (TPSA) is 50.5 Å². The molecule has 102 valence electrons. The van der Waals surface area contributed by atoms with Crippen molar-refractivity contribution in [3.05, 3.63) is 11.9 Å². The second-order valence-electron chi connectivity index (χ2n) is 4.45. The number of aliphatic hydroxyl groups is 1. The summed E-state index contributed by atoms with van der Waals surface area (Å²) in [5.74, 6) is 0.909. The molecule has 1 saturated heterocycles. The predicted molar refractivity (Wildman–Crippen MR) is 71.7 cm³/mol. The molecule has 0 saturated carbocycles. The Morgan fingerprint density at radius 3 is 3.11 bits per heavy atom. The number of hydrogen-bond acceptors (Lipinski definition) is 5. The number of aliphatic hydroxyl groups excluding tert-OH is 1. The Kier molecular flexibility index (Phi) is 5.05. The molecule has 0 spiro atoms. The number of imidazole rings is 1. The number of morpholine rings is 1. The van der Waals surface area contributed by atoms with Gasteiger partial charge in [0.1, 0.15) is 0 Å². The summed E-state index contributed by atoms with van der Waals surface area (Å²) in [7, 11) is 1.93. The minimum Gasteiger partial charge on any atom is -0.390 e. The van der Waals surface area contributed by atoms with Crippen LogP contribution in [0.1, 0.15) is 12.6 Å². The van der Waals surface area contributed by atoms with Crippen LogP contribution in [-0.4, -0.2) is 57.7 Å². The van der Waals surface area contributed by atoms with Crippen LogP contribution in [0.2, 0.25) is 0 Å². The van der Waals surface area contributed by atoms with Crippen LogP contribution >= 0.6 is 11.8 Å². The van der Waals surface area contributed by atoms with Gasteiger partial charge in [-0.15, -0.1) is 0 Å². The molecular weight excluding hydrogens is 250 g/mol. The van der Waals surface area contributed by atoms with Gasteiger partial charge in [-0.25, -0.2) is 4.98 Å². The molecule has 1 aliphatic rings. The van der Waals surface area contributed by atoms with E-state index in [0.717, 1.165) is 42.8 Å². The van der Waals surface area contributed by atoms with Crippen molar-refractivity contribution in [1.29, 1.82) is 0 Å². The van der Waals surface area contributed by atoms with E-state index in [1.54, 1.807) is 18.0 Å². The first-order valence-corrected chi connectivity index (χ1v) is 7.31. The minimum atomic E-state index is 0.0353. The highest BCUT2D eigenvalue weighted by atomic mass is 32.2. The highest BCUT2D eigenvalue weighted by molar-refractivity contribution is 7.99. The smallest absolute Gasteiger partial charge is 0.168 e. The Bertz CT molecular complexity index is 383. The van der Waals surface area contributed by atoms with Gasteiger partial charge in [0.2, 0.25) is 0 Å². The van der Waals surface area contributed by atoms with Crippen LogP contribution in [0, 0.1) is 0 Å². The molecule has 0 amide bonds. The molecule has 1 aliphatic heterocycles. The number of aromatic nitrogens is 2. The van der Waals surface area contributed by atoms with E-state index >= 15 is 0 Å². The zero-order valence-electron chi connectivity index (χ0n) is 11.0. The molecule has 0 radical (unpaired) electrons. The molecule has 1 unspecified atom stereocenters. The number of ether oxygens (including phenoxy) is 1. The molecule has 1 aromatic rings. The van der Waals surface area contributed by atoms with Crippen LogP contribution in [0.3, 0.4) is 0 Å². The Hall–Kier alpha value is -0.560. The van der Waals surface area contributed by atoms with Crippen molar-refractivity contribution in [3.8, 4) is 0 Å². The van der Waals surface area contributed by atoms with Gasteiger partial charge < -0.3 is 14.4 Å². The largest absolute Gasteiger partial charge is 0.390 e. The van der Waals surface area contributed by atoms with Gasteiger partial charge in [0.05, 0.1) is 31.2 Å². The van der Waals surface area contributed by atoms with Gasteiger partial charge in [0.25, 0.3) is 0 Å². The van der Waals surface area contributed by atoms with E-state index in [1.165, 1.54) is 0 Å². The van der Waals surface area contributed by atoms with Gasteiger partial charge in [-0.3, -0.25) is 4.90 Å². The fourth-order valence-corrected chi connectivity index (χ4v) is 3.02. The van der Waals surface area contributed by atoms with Crippen LogP contribution in [-0.2, 0) is 18.4 Å². The third-order valence-corrected chi connectivity index (χ3v) is 4.45. The highest BCUT2D eigenvalue weighted by Crippen LogP contribution is 2.20. The van der Waals surface area contributed by atoms with Crippen LogP contribution in [0.15, 0.2) is 11.4 Å². The van der Waals surface area contributed by atoms with Crippen molar-refractivity contribution in [2.75, 3.05) is 32.0 Å². The van der Waals surface area contributed by atoms with Crippen molar-refractivity contribution in [2.45, 2.75) is 24.8 Å². The molecule has 2 rings (SSSR count). The van der Waals surface area contributed by atoms with Crippen LogP contribution in [0.5, 0.6) is 0 Å². The van der Waals surface area contributed by atoms with Gasteiger partial charge >= 0.3 is 0 Å². The average Bonchev–Trinajstić information content (AvgIpc) is 2.77.